The van der Waals surface area contributed by atoms with E-state index in [1.165, 1.54) is 0 Å². The van der Waals surface area contributed by atoms with Gasteiger partial charge < -0.3 is 31.8 Å². The van der Waals surface area contributed by atoms with E-state index in [1.54, 1.807) is 18.4 Å². The number of nitrogens with one attached hydrogen (secondary N) is 1. The molecule has 0 aliphatic heterocycles. The molecule has 0 radical (unpaired) electrons. The summed E-state index contributed by atoms with van der Waals surface area (Å²) in [6.45, 7) is 0. The summed E-state index contributed by atoms with van der Waals surface area (Å²) in [5, 5.41) is 6.20. The van der Waals surface area contributed by atoms with Gasteiger partial charge in [-0.05, 0) is 48.5 Å². The number of hydrogen-bond acceptors (Lipinski definition) is 5. The van der Waals surface area contributed by atoms with Gasteiger partial charge in [0.1, 0.15) is 17.2 Å². The van der Waals surface area contributed by atoms with E-state index in [0.717, 1.165) is 39.3 Å². The zero-order chi connectivity index (χ0) is 18.5. The third-order valence-corrected chi connectivity index (χ3v) is 4.71. The van der Waals surface area contributed by atoms with Gasteiger partial charge in [0.2, 0.25) is 0 Å². The van der Waals surface area contributed by atoms with Crippen LogP contribution >= 0.6 is 11.3 Å². The van der Waals surface area contributed by atoms with Crippen LogP contribution in [0.3, 0.4) is 0 Å². The van der Waals surface area contributed by atoms with Gasteiger partial charge in [-0.3, -0.25) is 0 Å². The topological polar surface area (TPSA) is 43.4 Å². The minimum absolute atomic E-state index is 0. The van der Waals surface area contributed by atoms with E-state index < -0.39 is 0 Å². The number of aromatic nitrogens is 1. The molecule has 0 fully saturated rings. The molecule has 0 atom stereocenters. The van der Waals surface area contributed by atoms with Crippen molar-refractivity contribution in [3.63, 3.8) is 0 Å². The first-order valence-corrected chi connectivity index (χ1v) is 9.38. The van der Waals surface area contributed by atoms with E-state index in [9.17, 15) is 0 Å². The second-order valence-corrected chi connectivity index (χ2v) is 6.69. The second kappa shape index (κ2) is 9.39. The Morgan fingerprint density at radius 3 is 2.29 bits per heavy atom. The van der Waals surface area contributed by atoms with Crippen LogP contribution in [0.1, 0.15) is 0 Å². The molecule has 0 spiro atoms. The minimum atomic E-state index is 0. The standard InChI is InChI=1S/C22H18N2O2S.BrH/c1-25-20-9-5-6-16(14-20)21-15-27-22(24-21)23-17-10-12-19(13-11-17)26-18-7-3-2-4-8-18;/h2-15H,1H3,(H,23,24);1H/p-1. The Morgan fingerprint density at radius 1 is 0.821 bits per heavy atom. The van der Waals surface area contributed by atoms with Gasteiger partial charge in [-0.15, -0.1) is 11.3 Å². The number of anilines is 2. The van der Waals surface area contributed by atoms with E-state index in [1.807, 2.05) is 84.2 Å². The Labute approximate surface area is 178 Å². The Kier molecular flexibility index (Phi) is 6.68. The zero-order valence-corrected chi connectivity index (χ0v) is 17.5. The van der Waals surface area contributed by atoms with Gasteiger partial charge in [-0.2, -0.15) is 0 Å². The molecule has 0 aliphatic rings. The van der Waals surface area contributed by atoms with Crippen LogP contribution in [0.4, 0.5) is 10.8 Å². The number of rotatable bonds is 6. The summed E-state index contributed by atoms with van der Waals surface area (Å²) in [6.07, 6.45) is 0. The van der Waals surface area contributed by atoms with Crippen LogP contribution < -0.4 is 31.8 Å². The highest BCUT2D eigenvalue weighted by Crippen LogP contribution is 2.30. The van der Waals surface area contributed by atoms with Crippen molar-refractivity contribution in [2.75, 3.05) is 12.4 Å². The maximum atomic E-state index is 5.81. The molecule has 0 aliphatic carbocycles. The third-order valence-electron chi connectivity index (χ3n) is 3.95. The average molecular weight is 454 g/mol. The van der Waals surface area contributed by atoms with Crippen molar-refractivity contribution in [1.29, 1.82) is 0 Å². The molecule has 6 heteroatoms. The van der Waals surface area contributed by atoms with E-state index in [4.69, 9.17) is 9.47 Å². The predicted molar refractivity (Wildman–Crippen MR) is 110 cm³/mol. The fourth-order valence-electron chi connectivity index (χ4n) is 2.60. The Hall–Kier alpha value is -2.83. The molecule has 0 unspecified atom stereocenters. The predicted octanol–water partition coefficient (Wildman–Crippen LogP) is 3.36. The SMILES string of the molecule is COc1cccc(-c2csc(Nc3ccc(Oc4ccccc4)cc3)n2)c1.[Br-]. The highest BCUT2D eigenvalue weighted by Gasteiger charge is 2.06. The molecule has 0 amide bonds. The van der Waals surface area contributed by atoms with Gasteiger partial charge in [-0.1, -0.05) is 30.3 Å². The molecule has 0 bridgehead atoms. The number of nitrogens with zero attached hydrogens (tertiary/aromatic N) is 1. The number of ether oxygens (including phenoxy) is 2. The molecule has 142 valence electrons. The third kappa shape index (κ3) is 4.91. The normalized spacial score (nSPS) is 10.0. The first-order valence-electron chi connectivity index (χ1n) is 8.50. The van der Waals surface area contributed by atoms with Crippen LogP contribution in [0.2, 0.25) is 0 Å². The van der Waals surface area contributed by atoms with Gasteiger partial charge in [0.25, 0.3) is 0 Å². The van der Waals surface area contributed by atoms with Crippen LogP contribution in [-0.4, -0.2) is 12.1 Å². The number of thiazole rings is 1. The lowest BCUT2D eigenvalue weighted by molar-refractivity contribution is -0.00000612. The molecule has 4 nitrogen and oxygen atoms in total. The quantitative estimate of drug-likeness (QED) is 0.486. The fourth-order valence-corrected chi connectivity index (χ4v) is 3.34. The van der Waals surface area contributed by atoms with E-state index in [-0.39, 0.29) is 17.0 Å². The number of hydrogen-bond donors (Lipinski definition) is 1. The summed E-state index contributed by atoms with van der Waals surface area (Å²) in [4.78, 5) is 4.66. The number of benzene rings is 3. The van der Waals surface area contributed by atoms with Crippen LogP contribution in [0, 0.1) is 0 Å². The van der Waals surface area contributed by atoms with Crippen LogP contribution in [0.15, 0.2) is 84.2 Å². The summed E-state index contributed by atoms with van der Waals surface area (Å²) in [5.74, 6) is 2.44. The molecular weight excluding hydrogens is 436 g/mol. The first kappa shape index (κ1) is 19.9. The smallest absolute Gasteiger partial charge is 0.187 e. The molecule has 4 aromatic rings. The molecule has 4 rings (SSSR count). The monoisotopic (exact) mass is 453 g/mol. The molecule has 1 aromatic heterocycles. The lowest BCUT2D eigenvalue weighted by Crippen LogP contribution is -3.00. The lowest BCUT2D eigenvalue weighted by atomic mass is 10.2. The Balaban J connectivity index is 0.00000225. The maximum absolute atomic E-state index is 5.81. The number of para-hydroxylation sites is 1. The molecule has 1 heterocycles. The molecular formula is C22H18BrN2O2S-. The van der Waals surface area contributed by atoms with Crippen LogP contribution in [-0.2, 0) is 0 Å². The molecule has 0 saturated carbocycles. The van der Waals surface area contributed by atoms with E-state index in [2.05, 4.69) is 10.3 Å². The van der Waals surface area contributed by atoms with Crippen LogP contribution in [0.5, 0.6) is 17.2 Å². The highest BCUT2D eigenvalue weighted by atomic mass is 79.9. The van der Waals surface area contributed by atoms with Crippen molar-refractivity contribution in [2.45, 2.75) is 0 Å². The second-order valence-electron chi connectivity index (χ2n) is 5.83. The molecule has 28 heavy (non-hydrogen) atoms. The van der Waals surface area contributed by atoms with Crippen LogP contribution in [0.25, 0.3) is 11.3 Å². The van der Waals surface area contributed by atoms with Crippen molar-refractivity contribution < 1.29 is 26.5 Å². The van der Waals surface area contributed by atoms with E-state index >= 15 is 0 Å². The Bertz CT molecular complexity index is 1020. The maximum Gasteiger partial charge on any atom is 0.187 e. The number of methoxy groups -OCH3 is 1. The molecule has 1 N–H and O–H groups in total. The zero-order valence-electron chi connectivity index (χ0n) is 15.1. The minimum Gasteiger partial charge on any atom is -1.00 e. The Morgan fingerprint density at radius 2 is 1.54 bits per heavy atom. The van der Waals surface area contributed by atoms with Gasteiger partial charge in [0.15, 0.2) is 5.13 Å². The van der Waals surface area contributed by atoms with Crippen molar-refractivity contribution in [1.82, 2.24) is 4.98 Å². The van der Waals surface area contributed by atoms with E-state index in [0.29, 0.717) is 0 Å². The van der Waals surface area contributed by atoms with Gasteiger partial charge >= 0.3 is 0 Å². The van der Waals surface area contributed by atoms with Crippen molar-refractivity contribution in [3.8, 4) is 28.5 Å². The summed E-state index contributed by atoms with van der Waals surface area (Å²) in [5.41, 5.74) is 2.91. The lowest BCUT2D eigenvalue weighted by Gasteiger charge is -2.07. The van der Waals surface area contributed by atoms with Gasteiger partial charge in [-0.25, -0.2) is 4.98 Å². The van der Waals surface area contributed by atoms with Crippen molar-refractivity contribution in [2.24, 2.45) is 0 Å². The highest BCUT2D eigenvalue weighted by molar-refractivity contribution is 7.14. The van der Waals surface area contributed by atoms with Crippen molar-refractivity contribution >= 4 is 22.2 Å². The largest absolute Gasteiger partial charge is 1.00 e. The van der Waals surface area contributed by atoms with Gasteiger partial charge in [0.05, 0.1) is 12.8 Å². The van der Waals surface area contributed by atoms with Crippen molar-refractivity contribution in [3.05, 3.63) is 84.2 Å². The summed E-state index contributed by atoms with van der Waals surface area (Å²) in [7, 11) is 1.66. The molecule has 3 aromatic carbocycles. The summed E-state index contributed by atoms with van der Waals surface area (Å²) < 4.78 is 11.1. The summed E-state index contributed by atoms with van der Waals surface area (Å²) >= 11 is 1.57. The fraction of sp³-hybridized carbons (Fsp3) is 0.0455. The average Bonchev–Trinajstić information content (AvgIpc) is 3.19. The number of halogens is 1. The first-order chi connectivity index (χ1) is 13.3. The molecule has 0 saturated heterocycles. The van der Waals surface area contributed by atoms with Gasteiger partial charge in [0, 0.05) is 16.6 Å². The summed E-state index contributed by atoms with van der Waals surface area (Å²) in [6, 6.07) is 25.5.